The fraction of sp³-hybridized carbons (Fsp3) is 0.333. The van der Waals surface area contributed by atoms with Crippen molar-refractivity contribution in [2.75, 3.05) is 25.1 Å². The molecule has 4 nitrogen and oxygen atoms in total. The Kier molecular flexibility index (Phi) is 4.14. The Morgan fingerprint density at radius 2 is 2.10 bits per heavy atom. The van der Waals surface area contributed by atoms with Crippen LogP contribution in [-0.2, 0) is 4.74 Å². The normalized spacial score (nSPS) is 18.1. The molecule has 104 valence electrons. The van der Waals surface area contributed by atoms with Crippen LogP contribution < -0.4 is 5.32 Å². The minimum atomic E-state index is 0.448. The van der Waals surface area contributed by atoms with Crippen molar-refractivity contribution in [2.24, 2.45) is 5.92 Å². The van der Waals surface area contributed by atoms with Crippen LogP contribution in [0.5, 0.6) is 0 Å². The van der Waals surface area contributed by atoms with Gasteiger partial charge in [0.25, 0.3) is 0 Å². The highest BCUT2D eigenvalue weighted by molar-refractivity contribution is 6.29. The summed E-state index contributed by atoms with van der Waals surface area (Å²) in [7, 11) is 0. The van der Waals surface area contributed by atoms with E-state index in [9.17, 15) is 0 Å². The van der Waals surface area contributed by atoms with E-state index in [4.69, 9.17) is 16.3 Å². The highest BCUT2D eigenvalue weighted by Crippen LogP contribution is 2.21. The molecule has 20 heavy (non-hydrogen) atoms. The molecule has 1 unspecified atom stereocenters. The summed E-state index contributed by atoms with van der Waals surface area (Å²) in [6, 6.07) is 11.6. The van der Waals surface area contributed by atoms with Gasteiger partial charge in [-0.2, -0.15) is 0 Å². The van der Waals surface area contributed by atoms with Crippen molar-refractivity contribution in [3.05, 3.63) is 41.6 Å². The maximum Gasteiger partial charge on any atom is 0.163 e. The predicted octanol–water partition coefficient (Wildman–Crippen LogP) is 3.25. The van der Waals surface area contributed by atoms with E-state index in [1.165, 1.54) is 0 Å². The van der Waals surface area contributed by atoms with E-state index in [-0.39, 0.29) is 0 Å². The van der Waals surface area contributed by atoms with Gasteiger partial charge in [-0.05, 0) is 6.42 Å². The molecule has 1 saturated heterocycles. The zero-order valence-corrected chi connectivity index (χ0v) is 11.8. The van der Waals surface area contributed by atoms with E-state index in [0.29, 0.717) is 16.9 Å². The monoisotopic (exact) mass is 289 g/mol. The summed E-state index contributed by atoms with van der Waals surface area (Å²) in [4.78, 5) is 8.79. The number of ether oxygens (including phenoxy) is 1. The zero-order valence-electron chi connectivity index (χ0n) is 11.1. The van der Waals surface area contributed by atoms with Crippen molar-refractivity contribution in [1.82, 2.24) is 9.97 Å². The first kappa shape index (κ1) is 13.3. The summed E-state index contributed by atoms with van der Waals surface area (Å²) in [6.45, 7) is 2.52. The van der Waals surface area contributed by atoms with E-state index in [0.717, 1.165) is 37.6 Å². The number of nitrogens with one attached hydrogen (secondary N) is 1. The van der Waals surface area contributed by atoms with Gasteiger partial charge < -0.3 is 10.1 Å². The number of hydrogen-bond donors (Lipinski definition) is 1. The van der Waals surface area contributed by atoms with Gasteiger partial charge in [0, 0.05) is 30.7 Å². The summed E-state index contributed by atoms with van der Waals surface area (Å²) in [5.41, 5.74) is 0.960. The molecule has 0 saturated carbocycles. The second-order valence-corrected chi connectivity index (χ2v) is 5.26. The first-order chi connectivity index (χ1) is 9.81. The van der Waals surface area contributed by atoms with E-state index in [1.54, 1.807) is 6.07 Å². The fourth-order valence-corrected chi connectivity index (χ4v) is 2.40. The Bertz CT molecular complexity index is 571. The molecule has 0 amide bonds. The van der Waals surface area contributed by atoms with Crippen molar-refractivity contribution in [2.45, 2.75) is 6.42 Å². The van der Waals surface area contributed by atoms with Gasteiger partial charge in [-0.3, -0.25) is 0 Å². The van der Waals surface area contributed by atoms with Crippen LogP contribution in [0.3, 0.4) is 0 Å². The maximum atomic E-state index is 6.08. The van der Waals surface area contributed by atoms with Crippen LogP contribution in [0.4, 0.5) is 5.82 Å². The molecule has 1 aromatic carbocycles. The summed E-state index contributed by atoms with van der Waals surface area (Å²) in [6.07, 6.45) is 1.09. The second-order valence-electron chi connectivity index (χ2n) is 4.88. The topological polar surface area (TPSA) is 47.0 Å². The number of benzene rings is 1. The quantitative estimate of drug-likeness (QED) is 0.878. The molecule has 1 N–H and O–H groups in total. The third kappa shape index (κ3) is 3.26. The Hall–Kier alpha value is -1.65. The van der Waals surface area contributed by atoms with E-state index in [1.807, 2.05) is 30.3 Å². The lowest BCUT2D eigenvalue weighted by Gasteiger charge is -2.11. The van der Waals surface area contributed by atoms with Crippen LogP contribution in [0.15, 0.2) is 36.4 Å². The standard InChI is InChI=1S/C15H16ClN3O/c16-13-8-14(17-9-11-6-7-20-10-11)19-15(18-13)12-4-2-1-3-5-12/h1-5,8,11H,6-7,9-10H2,(H,17,18,19). The van der Waals surface area contributed by atoms with Gasteiger partial charge in [-0.25, -0.2) is 9.97 Å². The van der Waals surface area contributed by atoms with Crippen molar-refractivity contribution >= 4 is 17.4 Å². The average molecular weight is 290 g/mol. The minimum Gasteiger partial charge on any atom is -0.381 e. The molecular formula is C15H16ClN3O. The van der Waals surface area contributed by atoms with Crippen LogP contribution in [0.1, 0.15) is 6.42 Å². The van der Waals surface area contributed by atoms with Gasteiger partial charge >= 0.3 is 0 Å². The summed E-state index contributed by atoms with van der Waals surface area (Å²) >= 11 is 6.08. The van der Waals surface area contributed by atoms with E-state index in [2.05, 4.69) is 15.3 Å². The second kappa shape index (κ2) is 6.20. The molecule has 1 fully saturated rings. The Labute approximate surface area is 123 Å². The molecule has 3 rings (SSSR count). The largest absolute Gasteiger partial charge is 0.381 e. The molecular weight excluding hydrogens is 274 g/mol. The highest BCUT2D eigenvalue weighted by Gasteiger charge is 2.15. The lowest BCUT2D eigenvalue weighted by atomic mass is 10.1. The molecule has 5 heteroatoms. The number of rotatable bonds is 4. The van der Waals surface area contributed by atoms with Crippen LogP contribution in [0.25, 0.3) is 11.4 Å². The first-order valence-electron chi connectivity index (χ1n) is 6.73. The molecule has 1 aliphatic rings. The molecule has 2 heterocycles. The number of aromatic nitrogens is 2. The Balaban J connectivity index is 1.76. The van der Waals surface area contributed by atoms with E-state index >= 15 is 0 Å². The molecule has 0 radical (unpaired) electrons. The van der Waals surface area contributed by atoms with Crippen molar-refractivity contribution in [1.29, 1.82) is 0 Å². The van der Waals surface area contributed by atoms with Crippen LogP contribution in [0.2, 0.25) is 5.15 Å². The predicted molar refractivity (Wildman–Crippen MR) is 79.9 cm³/mol. The third-order valence-electron chi connectivity index (χ3n) is 3.32. The maximum absolute atomic E-state index is 6.08. The zero-order chi connectivity index (χ0) is 13.8. The van der Waals surface area contributed by atoms with Crippen LogP contribution in [0, 0.1) is 5.92 Å². The SMILES string of the molecule is Clc1cc(NCC2CCOC2)nc(-c2ccccc2)n1. The van der Waals surface area contributed by atoms with E-state index < -0.39 is 0 Å². The number of anilines is 1. The van der Waals surface area contributed by atoms with Crippen molar-refractivity contribution in [3.63, 3.8) is 0 Å². The summed E-state index contributed by atoms with van der Waals surface area (Å²) < 4.78 is 5.36. The van der Waals surface area contributed by atoms with Crippen LogP contribution in [-0.4, -0.2) is 29.7 Å². The third-order valence-corrected chi connectivity index (χ3v) is 3.52. The molecule has 1 atom stereocenters. The summed E-state index contributed by atoms with van der Waals surface area (Å²) in [5.74, 6) is 1.95. The smallest absolute Gasteiger partial charge is 0.163 e. The minimum absolute atomic E-state index is 0.448. The van der Waals surface area contributed by atoms with Gasteiger partial charge in [0.2, 0.25) is 0 Å². The lowest BCUT2D eigenvalue weighted by molar-refractivity contribution is 0.187. The van der Waals surface area contributed by atoms with Crippen molar-refractivity contribution < 1.29 is 4.74 Å². The van der Waals surface area contributed by atoms with Gasteiger partial charge in [0.05, 0.1) is 6.61 Å². The fourth-order valence-electron chi connectivity index (χ4n) is 2.22. The van der Waals surface area contributed by atoms with Crippen LogP contribution >= 0.6 is 11.6 Å². The molecule has 2 aromatic rings. The summed E-state index contributed by atoms with van der Waals surface area (Å²) in [5, 5.41) is 3.77. The molecule has 1 aliphatic heterocycles. The Morgan fingerprint density at radius 3 is 2.85 bits per heavy atom. The molecule has 0 spiro atoms. The number of halogens is 1. The highest BCUT2D eigenvalue weighted by atomic mass is 35.5. The van der Waals surface area contributed by atoms with Gasteiger partial charge in [-0.1, -0.05) is 41.9 Å². The Morgan fingerprint density at radius 1 is 1.25 bits per heavy atom. The van der Waals surface area contributed by atoms with Crippen molar-refractivity contribution in [3.8, 4) is 11.4 Å². The van der Waals surface area contributed by atoms with Gasteiger partial charge in [-0.15, -0.1) is 0 Å². The molecule has 1 aromatic heterocycles. The lowest BCUT2D eigenvalue weighted by Crippen LogP contribution is -2.15. The average Bonchev–Trinajstić information content (AvgIpc) is 2.99. The first-order valence-corrected chi connectivity index (χ1v) is 7.11. The molecule has 0 aliphatic carbocycles. The van der Waals surface area contributed by atoms with Gasteiger partial charge in [0.15, 0.2) is 5.82 Å². The van der Waals surface area contributed by atoms with Gasteiger partial charge in [0.1, 0.15) is 11.0 Å². The number of nitrogens with zero attached hydrogens (tertiary/aromatic N) is 2. The number of hydrogen-bond acceptors (Lipinski definition) is 4. The molecule has 0 bridgehead atoms.